The summed E-state index contributed by atoms with van der Waals surface area (Å²) in [5, 5.41) is 18.7. The lowest BCUT2D eigenvalue weighted by molar-refractivity contribution is -0.147. The number of Topliss-reactive ketones (excluding diaryl/α,β-unsaturated/α-hetero) is 1. The molecule has 2 unspecified atom stereocenters. The SMILES string of the molecule is CCOc1cccc(C(=O)C(C)Br)c1C(O)C(=O)O. The van der Waals surface area contributed by atoms with Crippen molar-refractivity contribution in [3.63, 3.8) is 0 Å². The van der Waals surface area contributed by atoms with Crippen LogP contribution < -0.4 is 4.74 Å². The highest BCUT2D eigenvalue weighted by Gasteiger charge is 2.28. The van der Waals surface area contributed by atoms with Crippen LogP contribution in [-0.2, 0) is 4.79 Å². The van der Waals surface area contributed by atoms with Gasteiger partial charge < -0.3 is 14.9 Å². The number of carbonyl (C=O) groups is 2. The Morgan fingerprint density at radius 1 is 1.42 bits per heavy atom. The first-order chi connectivity index (χ1) is 8.90. The Labute approximate surface area is 119 Å². The van der Waals surface area contributed by atoms with Crippen LogP contribution in [0.3, 0.4) is 0 Å². The molecule has 2 N–H and O–H groups in total. The van der Waals surface area contributed by atoms with Crippen molar-refractivity contribution in [1.29, 1.82) is 0 Å². The summed E-state index contributed by atoms with van der Waals surface area (Å²) < 4.78 is 5.29. The van der Waals surface area contributed by atoms with Crippen molar-refractivity contribution in [3.8, 4) is 5.75 Å². The molecule has 1 rings (SSSR count). The van der Waals surface area contributed by atoms with Crippen molar-refractivity contribution >= 4 is 27.7 Å². The number of rotatable bonds is 6. The molecule has 1 aromatic carbocycles. The molecule has 0 aliphatic rings. The summed E-state index contributed by atoms with van der Waals surface area (Å²) in [5.41, 5.74) is 0.137. The van der Waals surface area contributed by atoms with E-state index in [0.717, 1.165) is 0 Å². The third-order valence-corrected chi connectivity index (χ3v) is 2.92. The van der Waals surface area contributed by atoms with Crippen molar-refractivity contribution in [2.24, 2.45) is 0 Å². The van der Waals surface area contributed by atoms with Crippen molar-refractivity contribution in [2.75, 3.05) is 6.61 Å². The van der Waals surface area contributed by atoms with Crippen molar-refractivity contribution in [2.45, 2.75) is 24.8 Å². The van der Waals surface area contributed by atoms with Gasteiger partial charge in [-0.1, -0.05) is 28.1 Å². The normalized spacial score (nSPS) is 13.7. The van der Waals surface area contributed by atoms with Gasteiger partial charge >= 0.3 is 5.97 Å². The Morgan fingerprint density at radius 3 is 2.53 bits per heavy atom. The number of hydrogen-bond acceptors (Lipinski definition) is 4. The summed E-state index contributed by atoms with van der Waals surface area (Å²) >= 11 is 3.14. The average Bonchev–Trinajstić information content (AvgIpc) is 2.37. The second-order valence-electron chi connectivity index (χ2n) is 3.87. The summed E-state index contributed by atoms with van der Waals surface area (Å²) in [6, 6.07) is 4.59. The molecule has 0 heterocycles. The molecule has 104 valence electrons. The van der Waals surface area contributed by atoms with E-state index in [1.165, 1.54) is 12.1 Å². The molecule has 0 bridgehead atoms. The Morgan fingerprint density at radius 2 is 2.05 bits per heavy atom. The highest BCUT2D eigenvalue weighted by Crippen LogP contribution is 2.31. The Bertz CT molecular complexity index is 484. The molecule has 5 nitrogen and oxygen atoms in total. The highest BCUT2D eigenvalue weighted by molar-refractivity contribution is 9.10. The summed E-state index contributed by atoms with van der Waals surface area (Å²) in [6.45, 7) is 3.67. The molecule has 0 amide bonds. The minimum Gasteiger partial charge on any atom is -0.493 e. The van der Waals surface area contributed by atoms with Crippen molar-refractivity contribution < 1.29 is 24.5 Å². The number of benzene rings is 1. The smallest absolute Gasteiger partial charge is 0.337 e. The predicted octanol–water partition coefficient (Wildman–Crippen LogP) is 2.17. The maximum absolute atomic E-state index is 12.0. The number of carboxylic acids is 1. The van der Waals surface area contributed by atoms with Gasteiger partial charge in [-0.25, -0.2) is 4.79 Å². The molecule has 0 spiro atoms. The Balaban J connectivity index is 3.41. The number of carbonyl (C=O) groups excluding carboxylic acids is 1. The lowest BCUT2D eigenvalue weighted by Crippen LogP contribution is -2.19. The quantitative estimate of drug-likeness (QED) is 0.616. The molecule has 0 aliphatic carbocycles. The summed E-state index contributed by atoms with van der Waals surface area (Å²) in [4.78, 5) is 22.5. The molecule has 0 aromatic heterocycles. The monoisotopic (exact) mass is 330 g/mol. The van der Waals surface area contributed by atoms with Crippen LogP contribution in [0, 0.1) is 0 Å². The molecule has 0 aliphatic heterocycles. The molecule has 0 saturated heterocycles. The number of hydrogen-bond donors (Lipinski definition) is 2. The van der Waals surface area contributed by atoms with E-state index in [9.17, 15) is 14.7 Å². The number of halogens is 1. The van der Waals surface area contributed by atoms with Gasteiger partial charge in [-0.3, -0.25) is 4.79 Å². The second-order valence-corrected chi connectivity index (χ2v) is 5.24. The van der Waals surface area contributed by atoms with E-state index in [2.05, 4.69) is 15.9 Å². The van der Waals surface area contributed by atoms with E-state index >= 15 is 0 Å². The van der Waals surface area contributed by atoms with Gasteiger partial charge in [0, 0.05) is 11.1 Å². The fourth-order valence-electron chi connectivity index (χ4n) is 1.66. The van der Waals surface area contributed by atoms with Crippen molar-refractivity contribution in [1.82, 2.24) is 0 Å². The van der Waals surface area contributed by atoms with E-state index in [1.54, 1.807) is 19.9 Å². The van der Waals surface area contributed by atoms with Crippen molar-refractivity contribution in [3.05, 3.63) is 29.3 Å². The average molecular weight is 331 g/mol. The molecule has 0 saturated carbocycles. The van der Waals surface area contributed by atoms with E-state index in [1.807, 2.05) is 0 Å². The van der Waals surface area contributed by atoms with Crippen LogP contribution in [0.25, 0.3) is 0 Å². The van der Waals surface area contributed by atoms with E-state index < -0.39 is 16.9 Å². The number of ether oxygens (including phenoxy) is 1. The van der Waals surface area contributed by atoms with E-state index in [4.69, 9.17) is 9.84 Å². The van der Waals surface area contributed by atoms with E-state index in [0.29, 0.717) is 6.61 Å². The summed E-state index contributed by atoms with van der Waals surface area (Å²) in [6.07, 6.45) is -1.80. The number of aliphatic carboxylic acids is 1. The summed E-state index contributed by atoms with van der Waals surface area (Å²) in [7, 11) is 0. The lowest BCUT2D eigenvalue weighted by Gasteiger charge is -2.17. The lowest BCUT2D eigenvalue weighted by atomic mass is 9.97. The maximum Gasteiger partial charge on any atom is 0.337 e. The zero-order valence-corrected chi connectivity index (χ0v) is 12.2. The number of alkyl halides is 1. The molecule has 6 heteroatoms. The fourth-order valence-corrected chi connectivity index (χ4v) is 1.91. The van der Waals surface area contributed by atoms with E-state index in [-0.39, 0.29) is 22.7 Å². The number of aliphatic hydroxyl groups is 1. The second kappa shape index (κ2) is 6.68. The first-order valence-electron chi connectivity index (χ1n) is 5.75. The van der Waals surface area contributed by atoms with Gasteiger partial charge in [0.2, 0.25) is 0 Å². The largest absolute Gasteiger partial charge is 0.493 e. The molecule has 1 aromatic rings. The van der Waals surface area contributed by atoms with Gasteiger partial charge in [0.25, 0.3) is 0 Å². The first-order valence-corrected chi connectivity index (χ1v) is 6.66. The Hall–Kier alpha value is -1.40. The zero-order valence-electron chi connectivity index (χ0n) is 10.6. The van der Waals surface area contributed by atoms with Crippen LogP contribution in [-0.4, -0.2) is 33.4 Å². The van der Waals surface area contributed by atoms with Crippen LogP contribution in [0.15, 0.2) is 18.2 Å². The summed E-state index contributed by atoms with van der Waals surface area (Å²) in [5.74, 6) is -1.53. The minimum atomic E-state index is -1.80. The third-order valence-electron chi connectivity index (χ3n) is 2.50. The van der Waals surface area contributed by atoms with Crippen LogP contribution in [0.5, 0.6) is 5.75 Å². The molecule has 0 radical (unpaired) electrons. The first kappa shape index (κ1) is 15.7. The maximum atomic E-state index is 12.0. The number of ketones is 1. The minimum absolute atomic E-state index is 0.00634. The molecule has 0 fully saturated rings. The highest BCUT2D eigenvalue weighted by atomic mass is 79.9. The van der Waals surface area contributed by atoms with Crippen LogP contribution in [0.4, 0.5) is 0 Å². The topological polar surface area (TPSA) is 83.8 Å². The molecular formula is C13H15BrO5. The molecule has 2 atom stereocenters. The fraction of sp³-hybridized carbons (Fsp3) is 0.385. The van der Waals surface area contributed by atoms with Gasteiger partial charge in [0.1, 0.15) is 5.75 Å². The molecular weight excluding hydrogens is 316 g/mol. The Kier molecular flexibility index (Phi) is 5.50. The zero-order chi connectivity index (χ0) is 14.6. The van der Waals surface area contributed by atoms with Gasteiger partial charge in [-0.2, -0.15) is 0 Å². The standard InChI is InChI=1S/C13H15BrO5/c1-3-19-9-6-4-5-8(11(15)7(2)14)10(9)12(16)13(17)18/h4-7,12,16H,3H2,1-2H3,(H,17,18). The van der Waals surface area contributed by atoms with Crippen LogP contribution >= 0.6 is 15.9 Å². The third kappa shape index (κ3) is 3.54. The number of aliphatic hydroxyl groups excluding tert-OH is 1. The molecule has 19 heavy (non-hydrogen) atoms. The van der Waals surface area contributed by atoms with Gasteiger partial charge in [0.05, 0.1) is 11.4 Å². The van der Waals surface area contributed by atoms with Gasteiger partial charge in [0.15, 0.2) is 11.9 Å². The predicted molar refractivity (Wildman–Crippen MR) is 72.9 cm³/mol. The van der Waals surface area contributed by atoms with Gasteiger partial charge in [-0.15, -0.1) is 0 Å². The van der Waals surface area contributed by atoms with Crippen LogP contribution in [0.2, 0.25) is 0 Å². The van der Waals surface area contributed by atoms with Crippen LogP contribution in [0.1, 0.15) is 35.9 Å². The number of carboxylic acid groups (broad SMARTS) is 1. The van der Waals surface area contributed by atoms with Gasteiger partial charge in [-0.05, 0) is 19.9 Å².